The highest BCUT2D eigenvalue weighted by Crippen LogP contribution is 2.28. The molecule has 2 aliphatic heterocycles. The van der Waals surface area contributed by atoms with Crippen molar-refractivity contribution in [3.63, 3.8) is 0 Å². The second-order valence-electron chi connectivity index (χ2n) is 7.48. The molecule has 0 bridgehead atoms. The van der Waals surface area contributed by atoms with Crippen molar-refractivity contribution in [2.24, 2.45) is 11.8 Å². The summed E-state index contributed by atoms with van der Waals surface area (Å²) in [6.07, 6.45) is 3.03. The van der Waals surface area contributed by atoms with Crippen LogP contribution in [0.15, 0.2) is 18.7 Å². The lowest BCUT2D eigenvalue weighted by molar-refractivity contribution is 0.122. The van der Waals surface area contributed by atoms with E-state index >= 15 is 0 Å². The van der Waals surface area contributed by atoms with Crippen LogP contribution in [0, 0.1) is 11.8 Å². The molecule has 148 valence electrons. The Labute approximate surface area is 167 Å². The summed E-state index contributed by atoms with van der Waals surface area (Å²) >= 11 is 5.34. The summed E-state index contributed by atoms with van der Waals surface area (Å²) in [5.41, 5.74) is 0. The van der Waals surface area contributed by atoms with Crippen molar-refractivity contribution in [2.75, 3.05) is 61.1 Å². The zero-order valence-corrected chi connectivity index (χ0v) is 17.1. The summed E-state index contributed by atoms with van der Waals surface area (Å²) in [5, 5.41) is 6.69. The molecule has 0 amide bonds. The van der Waals surface area contributed by atoms with Crippen molar-refractivity contribution < 1.29 is 4.74 Å². The van der Waals surface area contributed by atoms with Crippen LogP contribution in [0.1, 0.15) is 20.3 Å². The average molecular weight is 391 g/mol. The lowest BCUT2D eigenvalue weighted by Crippen LogP contribution is -2.40. The van der Waals surface area contributed by atoms with Crippen molar-refractivity contribution in [1.82, 2.24) is 15.3 Å². The van der Waals surface area contributed by atoms with Gasteiger partial charge in [0.2, 0.25) is 5.95 Å². The zero-order chi connectivity index (χ0) is 19.2. The first-order chi connectivity index (χ1) is 13.0. The van der Waals surface area contributed by atoms with Gasteiger partial charge in [0.15, 0.2) is 5.11 Å². The number of hydrogen-bond donors (Lipinski definition) is 2. The van der Waals surface area contributed by atoms with Crippen LogP contribution in [0.25, 0.3) is 0 Å². The molecule has 27 heavy (non-hydrogen) atoms. The molecule has 0 aliphatic carbocycles. The van der Waals surface area contributed by atoms with Crippen LogP contribution in [-0.2, 0) is 4.74 Å². The number of nitrogens with one attached hydrogen (secondary N) is 2. The summed E-state index contributed by atoms with van der Waals surface area (Å²) in [5.74, 6) is 3.72. The van der Waals surface area contributed by atoms with Crippen LogP contribution in [0.5, 0.6) is 0 Å². The normalized spacial score (nSPS) is 23.0. The van der Waals surface area contributed by atoms with Crippen molar-refractivity contribution in [2.45, 2.75) is 20.3 Å². The minimum absolute atomic E-state index is 0.500. The van der Waals surface area contributed by atoms with E-state index in [2.05, 4.69) is 46.9 Å². The van der Waals surface area contributed by atoms with E-state index in [1.165, 1.54) is 6.42 Å². The number of thiocarbonyl (C=S) groups is 1. The number of ether oxygens (including phenoxy) is 1. The molecule has 3 heterocycles. The fraction of sp³-hybridized carbons (Fsp3) is 0.632. The van der Waals surface area contributed by atoms with Crippen LogP contribution in [-0.4, -0.2) is 61.0 Å². The van der Waals surface area contributed by atoms with Crippen molar-refractivity contribution >= 4 is 34.9 Å². The van der Waals surface area contributed by atoms with E-state index in [4.69, 9.17) is 26.9 Å². The van der Waals surface area contributed by atoms with E-state index < -0.39 is 0 Å². The third-order valence-electron chi connectivity index (χ3n) is 4.86. The van der Waals surface area contributed by atoms with Crippen LogP contribution in [0.2, 0.25) is 0 Å². The summed E-state index contributed by atoms with van der Waals surface area (Å²) in [4.78, 5) is 14.1. The minimum Gasteiger partial charge on any atom is -0.378 e. The van der Waals surface area contributed by atoms with Crippen molar-refractivity contribution in [3.05, 3.63) is 18.7 Å². The molecule has 2 saturated heterocycles. The van der Waals surface area contributed by atoms with Gasteiger partial charge in [-0.2, -0.15) is 9.97 Å². The Hall–Kier alpha value is -1.93. The molecule has 0 spiro atoms. The number of hydrogen-bond acceptors (Lipinski definition) is 6. The van der Waals surface area contributed by atoms with Gasteiger partial charge in [-0.05, 0) is 30.5 Å². The molecule has 1 aromatic heterocycles. The maximum absolute atomic E-state index is 5.48. The Bertz CT molecular complexity index is 654. The molecule has 0 radical (unpaired) electrons. The molecule has 2 N–H and O–H groups in total. The third-order valence-corrected chi connectivity index (χ3v) is 5.11. The predicted octanol–water partition coefficient (Wildman–Crippen LogP) is 2.27. The number of nitrogens with zero attached hydrogens (tertiary/aromatic N) is 4. The smallest absolute Gasteiger partial charge is 0.232 e. The van der Waals surface area contributed by atoms with Gasteiger partial charge in [-0.1, -0.05) is 19.9 Å². The molecular weight excluding hydrogens is 360 g/mol. The first kappa shape index (κ1) is 19.8. The molecule has 2 fully saturated rings. The van der Waals surface area contributed by atoms with E-state index in [9.17, 15) is 0 Å². The molecule has 3 rings (SSSR count). The van der Waals surface area contributed by atoms with E-state index in [0.717, 1.165) is 51.0 Å². The Kier molecular flexibility index (Phi) is 6.84. The molecule has 7 nitrogen and oxygen atoms in total. The largest absolute Gasteiger partial charge is 0.378 e. The molecule has 8 heteroatoms. The first-order valence-electron chi connectivity index (χ1n) is 9.67. The standard InChI is InChI=1S/C19H30N6OS/c1-4-5-20-19(27)23-18-21-16(24-6-8-26-9-7-24)11-17(22-18)25-12-14(2)10-15(3)13-25/h4,11,14-15H,1,5-10,12-13H2,2-3H3,(H2,20,21,22,23,27)/t14-,15-/m0/s1. The van der Waals surface area contributed by atoms with Crippen LogP contribution < -0.4 is 20.4 Å². The van der Waals surface area contributed by atoms with Gasteiger partial charge >= 0.3 is 0 Å². The quantitative estimate of drug-likeness (QED) is 0.586. The zero-order valence-electron chi connectivity index (χ0n) is 16.3. The van der Waals surface area contributed by atoms with Gasteiger partial charge in [0.05, 0.1) is 13.2 Å². The molecule has 0 saturated carbocycles. The maximum atomic E-state index is 5.48. The van der Waals surface area contributed by atoms with Gasteiger partial charge in [0.25, 0.3) is 0 Å². The van der Waals surface area contributed by atoms with E-state index in [1.54, 1.807) is 6.08 Å². The van der Waals surface area contributed by atoms with Gasteiger partial charge in [0.1, 0.15) is 11.6 Å². The molecule has 0 aromatic carbocycles. The number of rotatable bonds is 5. The second kappa shape index (κ2) is 9.32. The van der Waals surface area contributed by atoms with Gasteiger partial charge in [-0.3, -0.25) is 0 Å². The lowest BCUT2D eigenvalue weighted by Gasteiger charge is -2.36. The molecular formula is C19H30N6OS. The third kappa shape index (κ3) is 5.52. The number of anilines is 3. The number of aromatic nitrogens is 2. The Balaban J connectivity index is 1.85. The van der Waals surface area contributed by atoms with E-state index in [-0.39, 0.29) is 0 Å². The van der Waals surface area contributed by atoms with Crippen LogP contribution in [0.4, 0.5) is 17.6 Å². The minimum atomic E-state index is 0.500. The fourth-order valence-electron chi connectivity index (χ4n) is 3.75. The molecule has 1 aromatic rings. The highest BCUT2D eigenvalue weighted by atomic mass is 32.1. The summed E-state index contributed by atoms with van der Waals surface area (Å²) < 4.78 is 5.48. The van der Waals surface area contributed by atoms with Crippen LogP contribution >= 0.6 is 12.2 Å². The second-order valence-corrected chi connectivity index (χ2v) is 7.89. The summed E-state index contributed by atoms with van der Waals surface area (Å²) in [6, 6.07) is 2.10. The van der Waals surface area contributed by atoms with Gasteiger partial charge < -0.3 is 25.2 Å². The average Bonchev–Trinajstić information content (AvgIpc) is 2.66. The number of morpholine rings is 1. The Morgan fingerprint density at radius 2 is 1.85 bits per heavy atom. The maximum Gasteiger partial charge on any atom is 0.232 e. The SMILES string of the molecule is C=CCNC(=S)Nc1nc(N2CCOCC2)cc(N2C[C@@H](C)C[C@H](C)C2)n1. The summed E-state index contributed by atoms with van der Waals surface area (Å²) in [6.45, 7) is 14.1. The van der Waals surface area contributed by atoms with Gasteiger partial charge in [-0.25, -0.2) is 0 Å². The molecule has 2 aliphatic rings. The topological polar surface area (TPSA) is 65.6 Å². The number of piperidine rings is 1. The van der Waals surface area contributed by atoms with E-state index in [0.29, 0.717) is 29.4 Å². The monoisotopic (exact) mass is 390 g/mol. The Morgan fingerprint density at radius 3 is 2.48 bits per heavy atom. The van der Waals surface area contributed by atoms with Gasteiger partial charge in [0, 0.05) is 38.8 Å². The van der Waals surface area contributed by atoms with Crippen molar-refractivity contribution in [3.8, 4) is 0 Å². The Morgan fingerprint density at radius 1 is 1.22 bits per heavy atom. The summed E-state index contributed by atoms with van der Waals surface area (Å²) in [7, 11) is 0. The predicted molar refractivity (Wildman–Crippen MR) is 115 cm³/mol. The van der Waals surface area contributed by atoms with Crippen LogP contribution in [0.3, 0.4) is 0 Å². The molecule has 2 atom stereocenters. The van der Waals surface area contributed by atoms with Crippen molar-refractivity contribution in [1.29, 1.82) is 0 Å². The van der Waals surface area contributed by atoms with E-state index in [1.807, 2.05) is 0 Å². The first-order valence-corrected chi connectivity index (χ1v) is 10.1. The lowest BCUT2D eigenvalue weighted by atomic mass is 9.92. The highest BCUT2D eigenvalue weighted by Gasteiger charge is 2.25. The highest BCUT2D eigenvalue weighted by molar-refractivity contribution is 7.80. The molecule has 0 unspecified atom stereocenters. The van der Waals surface area contributed by atoms with Gasteiger partial charge in [-0.15, -0.1) is 6.58 Å². The fourth-order valence-corrected chi connectivity index (χ4v) is 3.93.